The van der Waals surface area contributed by atoms with Crippen LogP contribution in [0, 0.1) is 0 Å². The molecule has 0 bridgehead atoms. The monoisotopic (exact) mass is 231 g/mol. The van der Waals surface area contributed by atoms with Gasteiger partial charge in [0.2, 0.25) is 0 Å². The number of rotatable bonds is 3. The highest BCUT2D eigenvalue weighted by Gasteiger charge is 2.39. The minimum absolute atomic E-state index is 0.223. The van der Waals surface area contributed by atoms with Crippen LogP contribution in [0.2, 0.25) is 0 Å². The molecule has 0 radical (unpaired) electrons. The number of ether oxygens (including phenoxy) is 1. The second kappa shape index (κ2) is 4.43. The fourth-order valence-electron chi connectivity index (χ4n) is 3.14. The van der Waals surface area contributed by atoms with E-state index in [1.165, 1.54) is 31.2 Å². The van der Waals surface area contributed by atoms with Crippen molar-refractivity contribution < 1.29 is 4.74 Å². The predicted molar refractivity (Wildman–Crippen MR) is 69.3 cm³/mol. The van der Waals surface area contributed by atoms with Crippen LogP contribution in [0.3, 0.4) is 0 Å². The molecule has 2 aliphatic rings. The van der Waals surface area contributed by atoms with Gasteiger partial charge in [-0.3, -0.25) is 0 Å². The molecule has 92 valence electrons. The molecule has 2 heteroatoms. The van der Waals surface area contributed by atoms with E-state index < -0.39 is 0 Å². The molecule has 1 saturated heterocycles. The average Bonchev–Trinajstić information content (AvgIpc) is 2.33. The van der Waals surface area contributed by atoms with Crippen LogP contribution in [0.5, 0.6) is 0 Å². The summed E-state index contributed by atoms with van der Waals surface area (Å²) in [6.07, 6.45) is 6.25. The van der Waals surface area contributed by atoms with E-state index in [1.807, 2.05) is 0 Å². The maximum atomic E-state index is 5.74. The molecule has 1 aromatic rings. The van der Waals surface area contributed by atoms with Crippen LogP contribution in [-0.4, -0.2) is 19.8 Å². The summed E-state index contributed by atoms with van der Waals surface area (Å²) in [5.74, 6) is 0. The molecule has 0 amide bonds. The third-order valence-corrected chi connectivity index (χ3v) is 4.34. The zero-order chi connectivity index (χ0) is 11.7. The van der Waals surface area contributed by atoms with E-state index in [-0.39, 0.29) is 5.41 Å². The van der Waals surface area contributed by atoms with Gasteiger partial charge in [0.25, 0.3) is 0 Å². The van der Waals surface area contributed by atoms with Crippen molar-refractivity contribution in [3.05, 3.63) is 34.9 Å². The summed E-state index contributed by atoms with van der Waals surface area (Å²) in [4.78, 5) is 0. The van der Waals surface area contributed by atoms with Crippen molar-refractivity contribution in [2.24, 2.45) is 5.73 Å². The lowest BCUT2D eigenvalue weighted by Crippen LogP contribution is -2.48. The first-order valence-corrected chi connectivity index (χ1v) is 6.74. The second-order valence-corrected chi connectivity index (χ2v) is 5.50. The summed E-state index contributed by atoms with van der Waals surface area (Å²) in [5, 5.41) is 0. The minimum Gasteiger partial charge on any atom is -0.379 e. The number of benzene rings is 1. The summed E-state index contributed by atoms with van der Waals surface area (Å²) in [5.41, 5.74) is 10.5. The largest absolute Gasteiger partial charge is 0.379 e. The molecule has 1 fully saturated rings. The van der Waals surface area contributed by atoms with Crippen molar-refractivity contribution in [2.75, 3.05) is 19.8 Å². The minimum atomic E-state index is 0.223. The smallest absolute Gasteiger partial charge is 0.0586 e. The lowest BCUT2D eigenvalue weighted by Gasteiger charge is -2.42. The first-order valence-electron chi connectivity index (χ1n) is 6.74. The van der Waals surface area contributed by atoms with E-state index in [0.717, 1.165) is 26.2 Å². The lowest BCUT2D eigenvalue weighted by molar-refractivity contribution is -0.0631. The normalized spacial score (nSPS) is 21.7. The van der Waals surface area contributed by atoms with Crippen LogP contribution in [0.1, 0.15) is 36.0 Å². The molecule has 0 saturated carbocycles. The Balaban J connectivity index is 1.92. The summed E-state index contributed by atoms with van der Waals surface area (Å²) < 4.78 is 5.43. The second-order valence-electron chi connectivity index (χ2n) is 5.50. The van der Waals surface area contributed by atoms with Crippen LogP contribution in [-0.2, 0) is 23.0 Å². The quantitative estimate of drug-likeness (QED) is 0.865. The van der Waals surface area contributed by atoms with Gasteiger partial charge in [-0.2, -0.15) is 0 Å². The van der Waals surface area contributed by atoms with E-state index >= 15 is 0 Å². The number of fused-ring (bicyclic) bond motifs is 1. The fourth-order valence-corrected chi connectivity index (χ4v) is 3.14. The van der Waals surface area contributed by atoms with Crippen LogP contribution in [0.4, 0.5) is 0 Å². The van der Waals surface area contributed by atoms with Crippen molar-refractivity contribution in [2.45, 2.75) is 37.5 Å². The van der Waals surface area contributed by atoms with Crippen LogP contribution in [0.25, 0.3) is 0 Å². The van der Waals surface area contributed by atoms with Crippen LogP contribution < -0.4 is 5.73 Å². The molecule has 0 aromatic heterocycles. The highest BCUT2D eigenvalue weighted by atomic mass is 16.5. The highest BCUT2D eigenvalue weighted by Crippen LogP contribution is 2.37. The van der Waals surface area contributed by atoms with Gasteiger partial charge in [-0.15, -0.1) is 0 Å². The summed E-state index contributed by atoms with van der Waals surface area (Å²) >= 11 is 0. The van der Waals surface area contributed by atoms with Crippen molar-refractivity contribution in [3.63, 3.8) is 0 Å². The molecule has 2 nitrogen and oxygen atoms in total. The summed E-state index contributed by atoms with van der Waals surface area (Å²) in [6, 6.07) is 7.06. The van der Waals surface area contributed by atoms with Gasteiger partial charge in [-0.25, -0.2) is 0 Å². The number of nitrogens with two attached hydrogens (primary N) is 1. The molecule has 0 spiro atoms. The van der Waals surface area contributed by atoms with Gasteiger partial charge in [0.15, 0.2) is 0 Å². The molecule has 17 heavy (non-hydrogen) atoms. The molecule has 1 heterocycles. The topological polar surface area (TPSA) is 35.2 Å². The van der Waals surface area contributed by atoms with Gasteiger partial charge in [-0.05, 0) is 55.3 Å². The SMILES string of the molecule is NCCC1(c2ccc3c(c2)CCCC3)COC1. The highest BCUT2D eigenvalue weighted by molar-refractivity contribution is 5.38. The Morgan fingerprint density at radius 2 is 1.88 bits per heavy atom. The molecule has 1 aliphatic heterocycles. The van der Waals surface area contributed by atoms with Gasteiger partial charge in [0.05, 0.1) is 13.2 Å². The van der Waals surface area contributed by atoms with Crippen molar-refractivity contribution in [1.82, 2.24) is 0 Å². The Morgan fingerprint density at radius 3 is 2.53 bits per heavy atom. The van der Waals surface area contributed by atoms with Crippen LogP contribution >= 0.6 is 0 Å². The molecular formula is C15H21NO. The standard InChI is InChI=1S/C15H21NO/c16-8-7-15(10-17-11-15)14-6-5-12-3-1-2-4-13(12)9-14/h5-6,9H,1-4,7-8,10-11,16H2. The molecule has 1 aliphatic carbocycles. The average molecular weight is 231 g/mol. The predicted octanol–water partition coefficient (Wildman–Crippen LogP) is 2.18. The van der Waals surface area contributed by atoms with E-state index in [0.29, 0.717) is 0 Å². The van der Waals surface area contributed by atoms with Gasteiger partial charge in [-0.1, -0.05) is 18.2 Å². The lowest BCUT2D eigenvalue weighted by atomic mass is 9.74. The maximum absolute atomic E-state index is 5.74. The number of hydrogen-bond donors (Lipinski definition) is 1. The Hall–Kier alpha value is -0.860. The van der Waals surface area contributed by atoms with E-state index in [4.69, 9.17) is 10.5 Å². The van der Waals surface area contributed by atoms with Crippen molar-refractivity contribution >= 4 is 0 Å². The van der Waals surface area contributed by atoms with E-state index in [1.54, 1.807) is 11.1 Å². The first kappa shape index (κ1) is 11.2. The first-order chi connectivity index (χ1) is 8.34. The van der Waals surface area contributed by atoms with E-state index in [9.17, 15) is 0 Å². The third kappa shape index (κ3) is 1.90. The van der Waals surface area contributed by atoms with Gasteiger partial charge >= 0.3 is 0 Å². The Morgan fingerprint density at radius 1 is 1.12 bits per heavy atom. The molecular weight excluding hydrogens is 210 g/mol. The zero-order valence-electron chi connectivity index (χ0n) is 10.4. The zero-order valence-corrected chi connectivity index (χ0v) is 10.4. The Kier molecular flexibility index (Phi) is 2.93. The summed E-state index contributed by atoms with van der Waals surface area (Å²) in [7, 11) is 0. The molecule has 0 unspecified atom stereocenters. The summed E-state index contributed by atoms with van der Waals surface area (Å²) in [6.45, 7) is 2.45. The third-order valence-electron chi connectivity index (χ3n) is 4.34. The Labute approximate surface area is 103 Å². The molecule has 0 atom stereocenters. The molecule has 1 aromatic carbocycles. The maximum Gasteiger partial charge on any atom is 0.0586 e. The van der Waals surface area contributed by atoms with Crippen molar-refractivity contribution in [3.8, 4) is 0 Å². The van der Waals surface area contributed by atoms with E-state index in [2.05, 4.69) is 18.2 Å². The Bertz CT molecular complexity index is 409. The van der Waals surface area contributed by atoms with Crippen LogP contribution in [0.15, 0.2) is 18.2 Å². The molecule has 2 N–H and O–H groups in total. The van der Waals surface area contributed by atoms with Gasteiger partial charge < -0.3 is 10.5 Å². The van der Waals surface area contributed by atoms with Gasteiger partial charge in [0, 0.05) is 5.41 Å². The fraction of sp³-hybridized carbons (Fsp3) is 0.600. The van der Waals surface area contributed by atoms with Crippen molar-refractivity contribution in [1.29, 1.82) is 0 Å². The molecule has 3 rings (SSSR count). The number of hydrogen-bond acceptors (Lipinski definition) is 2. The number of aryl methyl sites for hydroxylation is 2. The van der Waals surface area contributed by atoms with Gasteiger partial charge in [0.1, 0.15) is 0 Å².